The van der Waals surface area contributed by atoms with Crippen molar-refractivity contribution >= 4 is 5.82 Å². The highest BCUT2D eigenvalue weighted by atomic mass is 19.4. The molecular formula is C25H27F3N6O. The number of pyridine rings is 2. The molecule has 3 aliphatic rings. The molecule has 1 saturated carbocycles. The van der Waals surface area contributed by atoms with Crippen molar-refractivity contribution in [1.82, 2.24) is 24.6 Å². The fraction of sp³-hybridized carbons (Fsp3) is 0.480. The van der Waals surface area contributed by atoms with Crippen LogP contribution in [0.2, 0.25) is 0 Å². The van der Waals surface area contributed by atoms with Crippen molar-refractivity contribution in [2.45, 2.75) is 49.9 Å². The fourth-order valence-corrected chi connectivity index (χ4v) is 5.85. The number of halogens is 3. The van der Waals surface area contributed by atoms with E-state index < -0.39 is 17.6 Å². The Hall–Kier alpha value is -3.14. The van der Waals surface area contributed by atoms with E-state index in [-0.39, 0.29) is 11.5 Å². The first-order chi connectivity index (χ1) is 16.8. The first-order valence-corrected chi connectivity index (χ1v) is 11.9. The monoisotopic (exact) mass is 484 g/mol. The van der Waals surface area contributed by atoms with E-state index in [1.807, 2.05) is 22.9 Å². The van der Waals surface area contributed by atoms with E-state index in [4.69, 9.17) is 15.5 Å². The van der Waals surface area contributed by atoms with Gasteiger partial charge in [-0.2, -0.15) is 18.3 Å². The molecular weight excluding hydrogens is 457 g/mol. The van der Waals surface area contributed by atoms with Crippen LogP contribution in [0, 0.1) is 5.92 Å². The topological polar surface area (TPSA) is 82.1 Å². The van der Waals surface area contributed by atoms with Crippen molar-refractivity contribution in [2.75, 3.05) is 25.9 Å². The van der Waals surface area contributed by atoms with Gasteiger partial charge in [0.1, 0.15) is 5.82 Å². The van der Waals surface area contributed by atoms with Crippen LogP contribution in [0.3, 0.4) is 0 Å². The second kappa shape index (κ2) is 7.94. The van der Waals surface area contributed by atoms with E-state index in [1.54, 1.807) is 7.11 Å². The molecule has 1 unspecified atom stereocenters. The lowest BCUT2D eigenvalue weighted by Crippen LogP contribution is -2.33. The zero-order valence-corrected chi connectivity index (χ0v) is 19.4. The number of rotatable bonds is 5. The Morgan fingerprint density at radius 3 is 2.71 bits per heavy atom. The number of methoxy groups -OCH3 is 1. The summed E-state index contributed by atoms with van der Waals surface area (Å²) in [5, 5.41) is 4.65. The van der Waals surface area contributed by atoms with Gasteiger partial charge in [0.2, 0.25) is 5.88 Å². The highest BCUT2D eigenvalue weighted by molar-refractivity contribution is 5.63. The largest absolute Gasteiger partial charge is 0.481 e. The van der Waals surface area contributed by atoms with Gasteiger partial charge in [-0.05, 0) is 56.3 Å². The van der Waals surface area contributed by atoms with Crippen LogP contribution in [-0.2, 0) is 18.1 Å². The quantitative estimate of drug-likeness (QED) is 0.576. The van der Waals surface area contributed by atoms with Gasteiger partial charge < -0.3 is 10.5 Å². The van der Waals surface area contributed by atoms with E-state index in [0.717, 1.165) is 49.9 Å². The predicted octanol–water partition coefficient (Wildman–Crippen LogP) is 4.45. The molecule has 1 aliphatic carbocycles. The third-order valence-corrected chi connectivity index (χ3v) is 7.75. The molecule has 2 fully saturated rings. The number of nitrogens with zero attached hydrogens (tertiary/aromatic N) is 5. The zero-order chi connectivity index (χ0) is 24.4. The molecule has 1 saturated heterocycles. The minimum absolute atomic E-state index is 0.0641. The van der Waals surface area contributed by atoms with E-state index in [2.05, 4.69) is 21.0 Å². The molecule has 10 heteroatoms. The van der Waals surface area contributed by atoms with Crippen LogP contribution in [0.25, 0.3) is 11.3 Å². The van der Waals surface area contributed by atoms with Crippen LogP contribution in [0.4, 0.5) is 19.0 Å². The van der Waals surface area contributed by atoms with Crippen LogP contribution in [0.1, 0.15) is 48.7 Å². The molecule has 1 spiro atoms. The number of fused-ring (bicyclic) bond motifs is 2. The Kier molecular flexibility index (Phi) is 5.07. The maximum Gasteiger partial charge on any atom is 0.419 e. The van der Waals surface area contributed by atoms with Gasteiger partial charge in [-0.25, -0.2) is 9.97 Å². The van der Waals surface area contributed by atoms with Gasteiger partial charge in [0, 0.05) is 42.0 Å². The second-order valence-corrected chi connectivity index (χ2v) is 9.93. The van der Waals surface area contributed by atoms with E-state index in [9.17, 15) is 13.2 Å². The molecule has 2 aliphatic heterocycles. The Morgan fingerprint density at radius 1 is 1.17 bits per heavy atom. The van der Waals surface area contributed by atoms with Crippen LogP contribution >= 0.6 is 0 Å². The summed E-state index contributed by atoms with van der Waals surface area (Å²) >= 11 is 0. The molecule has 2 N–H and O–H groups in total. The van der Waals surface area contributed by atoms with Crippen molar-refractivity contribution in [3.8, 4) is 17.1 Å². The highest BCUT2D eigenvalue weighted by Crippen LogP contribution is 2.51. The third kappa shape index (κ3) is 3.84. The van der Waals surface area contributed by atoms with E-state index >= 15 is 0 Å². The molecule has 0 aromatic carbocycles. The summed E-state index contributed by atoms with van der Waals surface area (Å²) in [6.07, 6.45) is 1.16. The van der Waals surface area contributed by atoms with Gasteiger partial charge in [0.05, 0.1) is 30.1 Å². The number of likely N-dealkylation sites (tertiary alicyclic amines) is 1. The molecule has 3 aromatic heterocycles. The normalized spacial score (nSPS) is 23.1. The van der Waals surface area contributed by atoms with Crippen molar-refractivity contribution in [2.24, 2.45) is 5.92 Å². The number of ether oxygens (including phenoxy) is 1. The maximum absolute atomic E-state index is 13.4. The van der Waals surface area contributed by atoms with Crippen molar-refractivity contribution in [1.29, 1.82) is 0 Å². The van der Waals surface area contributed by atoms with Gasteiger partial charge in [0.25, 0.3) is 0 Å². The fourth-order valence-electron chi connectivity index (χ4n) is 5.85. The molecule has 184 valence electrons. The maximum atomic E-state index is 13.4. The zero-order valence-electron chi connectivity index (χ0n) is 19.4. The molecule has 5 heterocycles. The Balaban J connectivity index is 1.29. The average Bonchev–Trinajstić information content (AvgIpc) is 3.28. The minimum atomic E-state index is -4.56. The molecule has 7 nitrogen and oxygen atoms in total. The number of nitrogens with two attached hydrogens (primary N) is 1. The summed E-state index contributed by atoms with van der Waals surface area (Å²) in [5.74, 6) is 0.697. The summed E-state index contributed by atoms with van der Waals surface area (Å²) in [6, 6.07) is 9.18. The Bertz CT molecular complexity index is 1270. The number of hydrogen-bond acceptors (Lipinski definition) is 6. The van der Waals surface area contributed by atoms with Crippen LogP contribution in [0.5, 0.6) is 5.88 Å². The Labute approximate surface area is 201 Å². The lowest BCUT2D eigenvalue weighted by Gasteiger charge is -2.30. The number of aryl methyl sites for hydroxylation is 1. The van der Waals surface area contributed by atoms with Crippen LogP contribution in [-0.4, -0.2) is 44.8 Å². The number of hydrogen-bond donors (Lipinski definition) is 1. The molecule has 2 atom stereocenters. The smallest absolute Gasteiger partial charge is 0.419 e. The number of aromatic nitrogens is 4. The summed E-state index contributed by atoms with van der Waals surface area (Å²) in [4.78, 5) is 11.1. The molecule has 0 radical (unpaired) electrons. The summed E-state index contributed by atoms with van der Waals surface area (Å²) in [7, 11) is 1.63. The van der Waals surface area contributed by atoms with Gasteiger partial charge >= 0.3 is 6.18 Å². The first-order valence-electron chi connectivity index (χ1n) is 11.9. The highest BCUT2D eigenvalue weighted by Gasteiger charge is 2.49. The standard InChI is InChI=1S/C25H27F3N6O/c1-35-21-4-2-3-18(31-21)22(15-5-6-15)33-9-7-24(14-33)8-10-34-20(24)12-19(32-34)16-11-17(25(26,27)28)23(29)30-13-16/h2-4,11-13,15,22H,5-10,14H2,1H3,(H2,29,30)/t22?,24-/m1/s1. The van der Waals surface area contributed by atoms with Crippen LogP contribution < -0.4 is 10.5 Å². The molecule has 6 rings (SSSR count). The first kappa shape index (κ1) is 22.3. The lowest BCUT2D eigenvalue weighted by atomic mass is 9.82. The van der Waals surface area contributed by atoms with Crippen molar-refractivity contribution < 1.29 is 17.9 Å². The molecule has 0 amide bonds. The average molecular weight is 485 g/mol. The van der Waals surface area contributed by atoms with Crippen molar-refractivity contribution in [3.63, 3.8) is 0 Å². The second-order valence-electron chi connectivity index (χ2n) is 9.93. The van der Waals surface area contributed by atoms with E-state index in [0.29, 0.717) is 23.1 Å². The van der Waals surface area contributed by atoms with Gasteiger partial charge in [-0.3, -0.25) is 9.58 Å². The van der Waals surface area contributed by atoms with Gasteiger partial charge in [0.15, 0.2) is 0 Å². The van der Waals surface area contributed by atoms with Crippen LogP contribution in [0.15, 0.2) is 36.5 Å². The van der Waals surface area contributed by atoms with Gasteiger partial charge in [-0.15, -0.1) is 0 Å². The lowest BCUT2D eigenvalue weighted by molar-refractivity contribution is -0.137. The van der Waals surface area contributed by atoms with E-state index in [1.165, 1.54) is 19.0 Å². The SMILES string of the molecule is COc1cccc(C(C2CC2)N2CC[C@@]3(CCn4nc(-c5cnc(N)c(C(F)(F)F)c5)cc43)C2)n1. The Morgan fingerprint density at radius 2 is 1.97 bits per heavy atom. The third-order valence-electron chi connectivity index (χ3n) is 7.75. The number of nitrogen functional groups attached to an aromatic ring is 1. The predicted molar refractivity (Wildman–Crippen MR) is 124 cm³/mol. The number of alkyl halides is 3. The van der Waals surface area contributed by atoms with Crippen molar-refractivity contribution in [3.05, 3.63) is 53.5 Å². The minimum Gasteiger partial charge on any atom is -0.481 e. The molecule has 35 heavy (non-hydrogen) atoms. The molecule has 3 aromatic rings. The summed E-state index contributed by atoms with van der Waals surface area (Å²) in [5.41, 5.74) is 7.46. The van der Waals surface area contributed by atoms with Gasteiger partial charge in [-0.1, -0.05) is 6.07 Å². The summed E-state index contributed by atoms with van der Waals surface area (Å²) in [6.45, 7) is 2.58. The number of anilines is 1. The molecule has 0 bridgehead atoms. The summed E-state index contributed by atoms with van der Waals surface area (Å²) < 4.78 is 47.4.